The van der Waals surface area contributed by atoms with Crippen LogP contribution in [0.1, 0.15) is 25.5 Å². The summed E-state index contributed by atoms with van der Waals surface area (Å²) >= 11 is 2.13. The molecular formula is C32H33BN4O11S4. The van der Waals surface area contributed by atoms with Gasteiger partial charge >= 0.3 is 13.1 Å². The van der Waals surface area contributed by atoms with Crippen LogP contribution in [0.5, 0.6) is 5.75 Å². The van der Waals surface area contributed by atoms with Gasteiger partial charge < -0.3 is 36.2 Å². The largest absolute Gasteiger partial charge is 0.508 e. The predicted octanol–water partition coefficient (Wildman–Crippen LogP) is 1.09. The minimum atomic E-state index is -4.04. The molecule has 52 heavy (non-hydrogen) atoms. The molecule has 15 nitrogen and oxygen atoms in total. The summed E-state index contributed by atoms with van der Waals surface area (Å²) in [5.41, 5.74) is 6.65. The number of hydrogen-bond donors (Lipinski definition) is 7. The molecule has 274 valence electrons. The summed E-state index contributed by atoms with van der Waals surface area (Å²) in [7, 11) is -9.59. The molecule has 1 aromatic heterocycles. The maximum atomic E-state index is 12.6. The van der Waals surface area contributed by atoms with Gasteiger partial charge in [-0.05, 0) is 67.3 Å². The van der Waals surface area contributed by atoms with Gasteiger partial charge in [0.25, 0.3) is 10.0 Å². The van der Waals surface area contributed by atoms with Gasteiger partial charge in [-0.25, -0.2) is 21.6 Å². The lowest BCUT2D eigenvalue weighted by molar-refractivity contribution is -0.161. The number of carbonyl (C=O) groups excluding carboxylic acids is 2. The lowest BCUT2D eigenvalue weighted by atomic mass is 9.80. The zero-order valence-corrected chi connectivity index (χ0v) is 30.6. The van der Waals surface area contributed by atoms with E-state index in [9.17, 15) is 51.5 Å². The molecule has 8 N–H and O–H groups in total. The van der Waals surface area contributed by atoms with Gasteiger partial charge in [0, 0.05) is 15.8 Å². The van der Waals surface area contributed by atoms with Crippen molar-refractivity contribution in [3.8, 4) is 5.75 Å². The van der Waals surface area contributed by atoms with Gasteiger partial charge in [0.2, 0.25) is 21.7 Å². The molecule has 4 atom stereocenters. The molecule has 0 bridgehead atoms. The van der Waals surface area contributed by atoms with E-state index in [4.69, 9.17) is 5.73 Å². The Balaban J connectivity index is 0.000000202. The Bertz CT molecular complexity index is 2200. The summed E-state index contributed by atoms with van der Waals surface area (Å²) in [6.45, 7) is 3.53. The fourth-order valence-corrected chi connectivity index (χ4v) is 11.1. The average molecular weight is 789 g/mol. The van der Waals surface area contributed by atoms with E-state index in [0.717, 1.165) is 17.4 Å². The molecule has 6 rings (SSSR count). The molecule has 3 heterocycles. The zero-order valence-electron chi connectivity index (χ0n) is 27.4. The maximum absolute atomic E-state index is 12.6. The van der Waals surface area contributed by atoms with Crippen molar-refractivity contribution < 1.29 is 51.5 Å². The van der Waals surface area contributed by atoms with Crippen LogP contribution in [0.15, 0.2) is 104 Å². The molecular weight excluding hydrogens is 755 g/mol. The number of β-lactam (4-membered cyclic amide) rings is 1. The van der Waals surface area contributed by atoms with Crippen molar-refractivity contribution in [3.05, 3.63) is 95.9 Å². The number of sulfone groups is 1. The number of thiophene rings is 1. The number of nitrogens with zero attached hydrogens (tertiary/aromatic N) is 1. The Morgan fingerprint density at radius 2 is 1.60 bits per heavy atom. The number of aliphatic carboxylic acids is 1. The van der Waals surface area contributed by atoms with Gasteiger partial charge in [-0.15, -0.1) is 23.1 Å². The van der Waals surface area contributed by atoms with Gasteiger partial charge in [-0.1, -0.05) is 42.5 Å². The van der Waals surface area contributed by atoms with Crippen LogP contribution in [-0.4, -0.2) is 89.1 Å². The summed E-state index contributed by atoms with van der Waals surface area (Å²) < 4.78 is 51.7. The summed E-state index contributed by atoms with van der Waals surface area (Å²) in [5, 5.41) is 40.5. The second-order valence-electron chi connectivity index (χ2n) is 12.2. The van der Waals surface area contributed by atoms with E-state index in [1.807, 2.05) is 0 Å². The monoisotopic (exact) mass is 788 g/mol. The Hall–Kier alpha value is -4.44. The predicted molar refractivity (Wildman–Crippen MR) is 194 cm³/mol. The number of nitrogens with two attached hydrogens (primary N) is 1. The number of nitrogens with one attached hydrogen (secondary N) is 2. The van der Waals surface area contributed by atoms with Crippen LogP contribution in [0, 0.1) is 0 Å². The van der Waals surface area contributed by atoms with Crippen molar-refractivity contribution in [2.75, 3.05) is 4.72 Å². The quantitative estimate of drug-likeness (QED) is 0.0879. The van der Waals surface area contributed by atoms with Crippen LogP contribution in [0.3, 0.4) is 0 Å². The molecule has 0 saturated carbocycles. The number of anilines is 1. The Kier molecular flexibility index (Phi) is 11.1. The number of fused-ring (bicyclic) bond motifs is 1. The normalized spacial score (nSPS) is 19.7. The first-order valence-corrected chi connectivity index (χ1v) is 20.0. The van der Waals surface area contributed by atoms with Crippen molar-refractivity contribution in [3.63, 3.8) is 0 Å². The minimum Gasteiger partial charge on any atom is -0.508 e. The molecule has 0 aliphatic carbocycles. The topological polar surface area (TPSA) is 254 Å². The molecule has 2 fully saturated rings. The Morgan fingerprint density at radius 3 is 2.21 bits per heavy atom. The number of benzene rings is 3. The van der Waals surface area contributed by atoms with Crippen molar-refractivity contribution in [1.29, 1.82) is 0 Å². The molecule has 0 radical (unpaired) electrons. The van der Waals surface area contributed by atoms with Gasteiger partial charge in [-0.2, -0.15) is 0 Å². The number of carbonyl (C=O) groups is 3. The number of phenolic OH excluding ortho intramolecular Hbond substituents is 1. The van der Waals surface area contributed by atoms with Crippen molar-refractivity contribution in [1.82, 2.24) is 10.2 Å². The van der Waals surface area contributed by atoms with Crippen molar-refractivity contribution in [2.45, 2.75) is 56.1 Å². The highest BCUT2D eigenvalue weighted by Crippen LogP contribution is 2.50. The second-order valence-corrected chi connectivity index (χ2v) is 18.7. The Morgan fingerprint density at radius 1 is 0.942 bits per heavy atom. The van der Waals surface area contributed by atoms with Crippen LogP contribution >= 0.6 is 23.1 Å². The van der Waals surface area contributed by atoms with Crippen LogP contribution in [-0.2, 0) is 34.2 Å². The second kappa shape index (κ2) is 14.9. The summed E-state index contributed by atoms with van der Waals surface area (Å²) in [5.74, 6) is -1.94. The molecule has 3 aromatic carbocycles. The number of hydrogen-bond acceptors (Lipinski definition) is 13. The van der Waals surface area contributed by atoms with Crippen LogP contribution in [0.4, 0.5) is 5.69 Å². The zero-order chi connectivity index (χ0) is 38.2. The van der Waals surface area contributed by atoms with Crippen molar-refractivity contribution in [2.24, 2.45) is 5.73 Å². The number of thioether (sulfide) groups is 1. The van der Waals surface area contributed by atoms with Gasteiger partial charge in [-0.3, -0.25) is 14.3 Å². The van der Waals surface area contributed by atoms with Gasteiger partial charge in [0.05, 0.1) is 9.79 Å². The Labute approximate surface area is 307 Å². The van der Waals surface area contributed by atoms with Crippen LogP contribution in [0.2, 0.25) is 0 Å². The first-order valence-electron chi connectivity index (χ1n) is 15.3. The highest BCUT2D eigenvalue weighted by Gasteiger charge is 2.64. The van der Waals surface area contributed by atoms with Crippen LogP contribution in [0.25, 0.3) is 0 Å². The minimum absolute atomic E-state index is 0.0606. The summed E-state index contributed by atoms with van der Waals surface area (Å²) in [4.78, 5) is 37.4. The number of amides is 2. The smallest absolute Gasteiger partial charge is 0.488 e. The number of carboxylic acids is 1. The highest BCUT2D eigenvalue weighted by atomic mass is 32.2. The van der Waals surface area contributed by atoms with E-state index in [1.54, 1.807) is 32.0 Å². The maximum Gasteiger partial charge on any atom is 0.488 e. The molecule has 2 amide bonds. The highest BCUT2D eigenvalue weighted by molar-refractivity contribution is 8.01. The van der Waals surface area contributed by atoms with E-state index < -0.39 is 73.0 Å². The molecule has 2 saturated heterocycles. The van der Waals surface area contributed by atoms with E-state index in [-0.39, 0.29) is 30.9 Å². The fraction of sp³-hybridized carbons (Fsp3) is 0.219. The first-order chi connectivity index (χ1) is 24.3. The van der Waals surface area contributed by atoms with Crippen molar-refractivity contribution >= 4 is 79.0 Å². The van der Waals surface area contributed by atoms with E-state index >= 15 is 0 Å². The SMILES string of the molecule is CC1(C)S[C@@H]2[C@H](NC(=O)[C@H](N)c3ccc(O)cc3)C(=O)N2[C@H]1C(=O)O.O=S(=O)(Nc1cccc(B(O)O)c1)c1cc(S(=O)(=O)c2ccccc2)cs1. The average Bonchev–Trinajstić information content (AvgIpc) is 3.71. The fourth-order valence-electron chi connectivity index (χ4n) is 5.51. The molecule has 4 aromatic rings. The number of carboxylic acid groups (broad SMARTS) is 1. The molecule has 2 aliphatic heterocycles. The number of aromatic hydroxyl groups is 1. The summed E-state index contributed by atoms with van der Waals surface area (Å²) in [6.07, 6.45) is 0. The summed E-state index contributed by atoms with van der Waals surface area (Å²) in [6, 6.07) is 17.6. The molecule has 2 aliphatic rings. The third-order valence-corrected chi connectivity index (χ3v) is 14.4. The lowest BCUT2D eigenvalue weighted by Crippen LogP contribution is -2.71. The lowest BCUT2D eigenvalue weighted by Gasteiger charge is -2.43. The third-order valence-electron chi connectivity index (χ3n) is 8.12. The molecule has 20 heteroatoms. The van der Waals surface area contributed by atoms with E-state index in [0.29, 0.717) is 5.56 Å². The van der Waals surface area contributed by atoms with E-state index in [1.165, 1.54) is 82.7 Å². The van der Waals surface area contributed by atoms with Gasteiger partial charge in [0.15, 0.2) is 0 Å². The number of rotatable bonds is 10. The van der Waals surface area contributed by atoms with Gasteiger partial charge in [0.1, 0.15) is 33.5 Å². The number of phenols is 1. The number of sulfonamides is 1. The third kappa shape index (κ3) is 7.97. The standard InChI is InChI=1S/C16H14BNO6S3.C16H19N3O5S/c19-17(20)12-5-4-6-13(9-12)18-27(23,24)16-10-15(11-25-16)26(21,22)14-7-2-1-3-8-14;1-16(2)11(15(23)24)19-13(22)10(14(19)25-16)18-12(21)9(17)7-3-5-8(20)6-4-7/h1-11,18-20H;3-6,9-11,14,20H,17H2,1-2H3,(H,18,21)(H,23,24)/t;9-,10-,11+,14-/m.1/s1. The van der Waals surface area contributed by atoms with E-state index in [2.05, 4.69) is 10.0 Å². The molecule has 0 unspecified atom stereocenters. The van der Waals surface area contributed by atoms with Crippen LogP contribution < -0.4 is 21.2 Å². The molecule has 0 spiro atoms. The first kappa shape index (κ1) is 38.8.